The summed E-state index contributed by atoms with van der Waals surface area (Å²) in [7, 11) is 0. The Morgan fingerprint density at radius 1 is 1.14 bits per heavy atom. The number of alkyl halides is 3. The van der Waals surface area contributed by atoms with Gasteiger partial charge in [-0.2, -0.15) is 13.2 Å². The molecule has 0 radical (unpaired) electrons. The quantitative estimate of drug-likeness (QED) is 0.383. The molecule has 2 heterocycles. The number of carbonyl (C=O) groups excluding carboxylic acids is 3. The molecule has 35 heavy (non-hydrogen) atoms. The number of aryl methyl sites for hydroxylation is 1. The second-order valence-corrected chi connectivity index (χ2v) is 8.95. The smallest absolute Gasteiger partial charge is 0.417 e. The van der Waals surface area contributed by atoms with Gasteiger partial charge in [0, 0.05) is 22.3 Å². The minimum absolute atomic E-state index is 0.0215. The van der Waals surface area contributed by atoms with Gasteiger partial charge >= 0.3 is 6.18 Å². The van der Waals surface area contributed by atoms with E-state index >= 15 is 0 Å². The highest BCUT2D eigenvalue weighted by Gasteiger charge is 2.37. The van der Waals surface area contributed by atoms with Gasteiger partial charge in [0.2, 0.25) is 5.91 Å². The van der Waals surface area contributed by atoms with E-state index in [1.165, 1.54) is 36.4 Å². The lowest BCUT2D eigenvalue weighted by Crippen LogP contribution is -2.36. The van der Waals surface area contributed by atoms with Crippen LogP contribution in [0.2, 0.25) is 5.02 Å². The normalized spacial score (nSPS) is 15.2. The molecular weight excluding hydrogens is 505 g/mol. The molecule has 0 unspecified atom stereocenters. The number of hydrogen-bond acceptors (Lipinski definition) is 5. The third kappa shape index (κ3) is 5.44. The number of carbonyl (C=O) groups is 3. The van der Waals surface area contributed by atoms with Crippen LogP contribution in [0.15, 0.2) is 63.9 Å². The first-order valence-electron chi connectivity index (χ1n) is 10.1. The van der Waals surface area contributed by atoms with Gasteiger partial charge in [-0.05, 0) is 54.6 Å². The summed E-state index contributed by atoms with van der Waals surface area (Å²) in [4.78, 5) is 38.2. The second kappa shape index (κ2) is 9.63. The van der Waals surface area contributed by atoms with Crippen LogP contribution in [0, 0.1) is 6.92 Å². The fourth-order valence-electron chi connectivity index (χ4n) is 3.35. The van der Waals surface area contributed by atoms with Crippen molar-refractivity contribution in [2.24, 2.45) is 0 Å². The monoisotopic (exact) mass is 520 g/mol. The first kappa shape index (κ1) is 24.6. The van der Waals surface area contributed by atoms with E-state index in [2.05, 4.69) is 5.32 Å². The first-order valence-corrected chi connectivity index (χ1v) is 11.3. The highest BCUT2D eigenvalue weighted by molar-refractivity contribution is 8.18. The molecule has 3 amide bonds. The minimum Gasteiger partial charge on any atom is -0.457 e. The molecule has 1 saturated heterocycles. The third-order valence-corrected chi connectivity index (χ3v) is 6.19. The molecule has 180 valence electrons. The van der Waals surface area contributed by atoms with E-state index in [1.807, 2.05) is 0 Å². The number of anilines is 1. The summed E-state index contributed by atoms with van der Waals surface area (Å²) in [6, 6.07) is 12.6. The Morgan fingerprint density at radius 3 is 2.63 bits per heavy atom. The number of hydrogen-bond donors (Lipinski definition) is 1. The van der Waals surface area contributed by atoms with Crippen LogP contribution < -0.4 is 5.32 Å². The summed E-state index contributed by atoms with van der Waals surface area (Å²) in [6.45, 7) is 1.25. The van der Waals surface area contributed by atoms with Gasteiger partial charge in [-0.1, -0.05) is 35.9 Å². The van der Waals surface area contributed by atoms with Crippen molar-refractivity contribution >= 4 is 52.2 Å². The number of rotatable bonds is 5. The molecule has 0 saturated carbocycles. The molecular formula is C24H16ClF3N2O4S. The number of nitrogens with zero attached hydrogens (tertiary/aromatic N) is 1. The molecule has 0 atom stereocenters. The average Bonchev–Trinajstić information content (AvgIpc) is 3.36. The SMILES string of the molecule is Cc1ccc(Cl)cc1NC(=O)CN1C(=O)S/C(=C/c2ccc(-c3ccccc3C(F)(F)F)o2)C1=O. The number of halogens is 4. The molecule has 6 nitrogen and oxygen atoms in total. The largest absolute Gasteiger partial charge is 0.457 e. The average molecular weight is 521 g/mol. The van der Waals surface area contributed by atoms with Crippen molar-refractivity contribution in [1.29, 1.82) is 0 Å². The molecule has 1 aromatic heterocycles. The molecule has 11 heteroatoms. The summed E-state index contributed by atoms with van der Waals surface area (Å²) < 4.78 is 45.4. The lowest BCUT2D eigenvalue weighted by Gasteiger charge is -2.13. The van der Waals surface area contributed by atoms with Crippen molar-refractivity contribution in [1.82, 2.24) is 4.90 Å². The van der Waals surface area contributed by atoms with E-state index in [-0.39, 0.29) is 22.0 Å². The number of benzene rings is 2. The van der Waals surface area contributed by atoms with E-state index in [9.17, 15) is 27.6 Å². The van der Waals surface area contributed by atoms with E-state index < -0.39 is 35.3 Å². The summed E-state index contributed by atoms with van der Waals surface area (Å²) in [5.41, 5.74) is 0.188. The summed E-state index contributed by atoms with van der Waals surface area (Å²) >= 11 is 6.54. The zero-order valence-corrected chi connectivity index (χ0v) is 19.6. The van der Waals surface area contributed by atoms with Gasteiger partial charge < -0.3 is 9.73 Å². The summed E-state index contributed by atoms with van der Waals surface area (Å²) in [5.74, 6) is -1.27. The highest BCUT2D eigenvalue weighted by atomic mass is 35.5. The highest BCUT2D eigenvalue weighted by Crippen LogP contribution is 2.38. The Labute approximate surface area is 206 Å². The van der Waals surface area contributed by atoms with Crippen molar-refractivity contribution in [3.63, 3.8) is 0 Å². The minimum atomic E-state index is -4.57. The van der Waals surface area contributed by atoms with Crippen molar-refractivity contribution in [3.05, 3.63) is 81.4 Å². The standard InChI is InChI=1S/C24H16ClF3N2O4S/c1-13-6-7-14(25)10-18(13)29-21(31)12-30-22(32)20(35-23(30)33)11-15-8-9-19(34-15)16-4-2-3-5-17(16)24(26,27)28/h2-11H,12H2,1H3,(H,29,31)/b20-11+. The fraction of sp³-hybridized carbons (Fsp3) is 0.125. The Morgan fingerprint density at radius 2 is 1.89 bits per heavy atom. The summed E-state index contributed by atoms with van der Waals surface area (Å²) in [5, 5.41) is 2.37. The van der Waals surface area contributed by atoms with E-state index in [0.29, 0.717) is 22.5 Å². The van der Waals surface area contributed by atoms with E-state index in [0.717, 1.165) is 16.5 Å². The van der Waals surface area contributed by atoms with Crippen LogP contribution in [0.25, 0.3) is 17.4 Å². The van der Waals surface area contributed by atoms with Crippen LogP contribution in [-0.4, -0.2) is 28.5 Å². The Bertz CT molecular complexity index is 1370. The van der Waals surface area contributed by atoms with Crippen LogP contribution in [-0.2, 0) is 15.8 Å². The molecule has 0 aliphatic carbocycles. The van der Waals surface area contributed by atoms with Gasteiger partial charge in [0.1, 0.15) is 18.1 Å². The maximum absolute atomic E-state index is 13.3. The van der Waals surface area contributed by atoms with Crippen LogP contribution >= 0.6 is 23.4 Å². The van der Waals surface area contributed by atoms with Gasteiger partial charge in [0.05, 0.1) is 10.5 Å². The molecule has 1 aliphatic rings. The van der Waals surface area contributed by atoms with Gasteiger partial charge in [0.15, 0.2) is 0 Å². The molecule has 1 fully saturated rings. The van der Waals surface area contributed by atoms with Crippen molar-refractivity contribution in [3.8, 4) is 11.3 Å². The van der Waals surface area contributed by atoms with Gasteiger partial charge in [-0.25, -0.2) is 0 Å². The van der Waals surface area contributed by atoms with Crippen molar-refractivity contribution in [2.45, 2.75) is 13.1 Å². The number of nitrogens with one attached hydrogen (secondary N) is 1. The zero-order chi connectivity index (χ0) is 25.3. The van der Waals surface area contributed by atoms with Crippen LogP contribution in [0.4, 0.5) is 23.7 Å². The molecule has 0 spiro atoms. The topological polar surface area (TPSA) is 79.6 Å². The zero-order valence-electron chi connectivity index (χ0n) is 18.0. The van der Waals surface area contributed by atoms with Crippen LogP contribution in [0.5, 0.6) is 0 Å². The number of furan rings is 1. The molecule has 3 aromatic rings. The van der Waals surface area contributed by atoms with Gasteiger partial charge in [0.25, 0.3) is 11.1 Å². The third-order valence-electron chi connectivity index (χ3n) is 5.05. The van der Waals surface area contributed by atoms with E-state index in [1.54, 1.807) is 25.1 Å². The molecule has 1 aliphatic heterocycles. The first-order chi connectivity index (χ1) is 16.5. The second-order valence-electron chi connectivity index (χ2n) is 7.52. The molecule has 4 rings (SSSR count). The lowest BCUT2D eigenvalue weighted by atomic mass is 10.1. The number of amides is 3. The van der Waals surface area contributed by atoms with Crippen LogP contribution in [0.3, 0.4) is 0 Å². The molecule has 0 bridgehead atoms. The molecule has 2 aromatic carbocycles. The predicted octanol–water partition coefficient (Wildman–Crippen LogP) is 6.60. The lowest BCUT2D eigenvalue weighted by molar-refractivity contribution is -0.137. The fourth-order valence-corrected chi connectivity index (χ4v) is 4.34. The van der Waals surface area contributed by atoms with Crippen molar-refractivity contribution < 1.29 is 32.0 Å². The molecule has 1 N–H and O–H groups in total. The predicted molar refractivity (Wildman–Crippen MR) is 127 cm³/mol. The van der Waals surface area contributed by atoms with E-state index in [4.69, 9.17) is 16.0 Å². The Balaban J connectivity index is 1.50. The van der Waals surface area contributed by atoms with Crippen LogP contribution in [0.1, 0.15) is 16.9 Å². The Hall–Kier alpha value is -3.50. The maximum Gasteiger partial charge on any atom is 0.417 e. The number of imide groups is 1. The number of thioether (sulfide) groups is 1. The maximum atomic E-state index is 13.3. The summed E-state index contributed by atoms with van der Waals surface area (Å²) in [6.07, 6.45) is -3.32. The van der Waals surface area contributed by atoms with Gasteiger partial charge in [-0.3, -0.25) is 19.3 Å². The van der Waals surface area contributed by atoms with Crippen molar-refractivity contribution in [2.75, 3.05) is 11.9 Å². The Kier molecular flexibility index (Phi) is 6.77. The van der Waals surface area contributed by atoms with Gasteiger partial charge in [-0.15, -0.1) is 0 Å².